The van der Waals surface area contributed by atoms with Gasteiger partial charge in [0.25, 0.3) is 5.91 Å². The van der Waals surface area contributed by atoms with E-state index in [0.29, 0.717) is 40.5 Å². The van der Waals surface area contributed by atoms with Gasteiger partial charge in [-0.25, -0.2) is 0 Å². The van der Waals surface area contributed by atoms with E-state index in [1.54, 1.807) is 36.3 Å². The summed E-state index contributed by atoms with van der Waals surface area (Å²) in [6, 6.07) is 14.6. The molecule has 2 aromatic carbocycles. The van der Waals surface area contributed by atoms with Crippen LogP contribution in [0.2, 0.25) is 5.02 Å². The van der Waals surface area contributed by atoms with Crippen molar-refractivity contribution in [3.8, 4) is 16.3 Å². The number of hydrogen-bond donors (Lipinski definition) is 0. The van der Waals surface area contributed by atoms with Crippen LogP contribution in [0.5, 0.6) is 5.75 Å². The molecule has 0 spiro atoms. The molecular formula is C20H20ClN3O3S. The van der Waals surface area contributed by atoms with Gasteiger partial charge in [-0.05, 0) is 43.3 Å². The number of halogens is 1. The van der Waals surface area contributed by atoms with Gasteiger partial charge in [0, 0.05) is 12.7 Å². The number of ether oxygens (including phenoxy) is 2. The first-order valence-electron chi connectivity index (χ1n) is 8.76. The smallest absolute Gasteiger partial charge is 0.261 e. The Hall–Kier alpha value is -2.48. The minimum Gasteiger partial charge on any atom is -0.494 e. The van der Waals surface area contributed by atoms with Crippen molar-refractivity contribution in [2.75, 3.05) is 31.8 Å². The fourth-order valence-electron chi connectivity index (χ4n) is 2.55. The minimum absolute atomic E-state index is 0.239. The Bertz CT molecular complexity index is 930. The van der Waals surface area contributed by atoms with Gasteiger partial charge in [-0.15, -0.1) is 10.2 Å². The maximum absolute atomic E-state index is 13.0. The summed E-state index contributed by atoms with van der Waals surface area (Å²) in [5.74, 6) is 0.559. The van der Waals surface area contributed by atoms with Crippen LogP contribution < -0.4 is 9.64 Å². The number of methoxy groups -OCH3 is 1. The molecule has 1 heterocycles. The maximum Gasteiger partial charge on any atom is 0.261 e. The van der Waals surface area contributed by atoms with Crippen LogP contribution in [-0.2, 0) is 4.74 Å². The van der Waals surface area contributed by atoms with Crippen molar-refractivity contribution in [2.24, 2.45) is 0 Å². The lowest BCUT2D eigenvalue weighted by Gasteiger charge is -2.19. The second-order valence-corrected chi connectivity index (χ2v) is 7.14. The molecule has 0 atom stereocenters. The molecule has 0 saturated heterocycles. The summed E-state index contributed by atoms with van der Waals surface area (Å²) in [6.45, 7) is 3.27. The summed E-state index contributed by atoms with van der Waals surface area (Å²) in [6.07, 6.45) is 0. The summed E-state index contributed by atoms with van der Waals surface area (Å²) in [5.41, 5.74) is 1.32. The van der Waals surface area contributed by atoms with E-state index in [0.717, 1.165) is 11.3 Å². The van der Waals surface area contributed by atoms with Crippen molar-refractivity contribution in [3.05, 3.63) is 59.1 Å². The Balaban J connectivity index is 1.87. The third-order valence-corrected chi connectivity index (χ3v) is 5.25. The molecule has 3 aromatic rings. The third-order valence-electron chi connectivity index (χ3n) is 3.93. The van der Waals surface area contributed by atoms with Crippen molar-refractivity contribution in [1.29, 1.82) is 0 Å². The quantitative estimate of drug-likeness (QED) is 0.538. The summed E-state index contributed by atoms with van der Waals surface area (Å²) in [7, 11) is 1.59. The van der Waals surface area contributed by atoms with E-state index < -0.39 is 0 Å². The van der Waals surface area contributed by atoms with Crippen molar-refractivity contribution < 1.29 is 14.3 Å². The molecule has 28 heavy (non-hydrogen) atoms. The number of aromatic nitrogens is 2. The maximum atomic E-state index is 13.0. The van der Waals surface area contributed by atoms with Gasteiger partial charge in [0.05, 0.1) is 30.3 Å². The molecule has 0 N–H and O–H groups in total. The first-order chi connectivity index (χ1) is 13.6. The number of anilines is 1. The van der Waals surface area contributed by atoms with Crippen molar-refractivity contribution in [3.63, 3.8) is 0 Å². The molecule has 0 aliphatic rings. The SMILES string of the molecule is CCOc1ccc(-c2nnc(N(CCOC)C(=O)c3ccccc3Cl)s2)cc1. The van der Waals surface area contributed by atoms with E-state index in [9.17, 15) is 4.79 Å². The Morgan fingerprint density at radius 3 is 2.57 bits per heavy atom. The molecule has 8 heteroatoms. The number of carbonyl (C=O) groups is 1. The van der Waals surface area contributed by atoms with E-state index >= 15 is 0 Å². The number of nitrogens with zero attached hydrogens (tertiary/aromatic N) is 3. The van der Waals surface area contributed by atoms with Crippen LogP contribution >= 0.6 is 22.9 Å². The van der Waals surface area contributed by atoms with E-state index in [-0.39, 0.29) is 5.91 Å². The molecule has 0 unspecified atom stereocenters. The molecule has 1 aromatic heterocycles. The number of hydrogen-bond acceptors (Lipinski definition) is 6. The average molecular weight is 418 g/mol. The third kappa shape index (κ3) is 4.67. The van der Waals surface area contributed by atoms with E-state index in [4.69, 9.17) is 21.1 Å². The zero-order valence-electron chi connectivity index (χ0n) is 15.6. The highest BCUT2D eigenvalue weighted by Crippen LogP contribution is 2.31. The molecule has 0 saturated carbocycles. The van der Waals surface area contributed by atoms with Gasteiger partial charge in [-0.2, -0.15) is 0 Å². The summed E-state index contributed by atoms with van der Waals surface area (Å²) in [5, 5.41) is 10.1. The van der Waals surface area contributed by atoms with Crippen LogP contribution in [0.4, 0.5) is 5.13 Å². The number of amides is 1. The molecule has 0 aliphatic carbocycles. The van der Waals surface area contributed by atoms with Crippen LogP contribution in [0.15, 0.2) is 48.5 Å². The lowest BCUT2D eigenvalue weighted by molar-refractivity contribution is 0.0976. The van der Waals surface area contributed by atoms with Gasteiger partial charge in [0.2, 0.25) is 5.13 Å². The topological polar surface area (TPSA) is 64.6 Å². The van der Waals surface area contributed by atoms with Gasteiger partial charge in [0.1, 0.15) is 10.8 Å². The highest BCUT2D eigenvalue weighted by molar-refractivity contribution is 7.18. The number of carbonyl (C=O) groups excluding carboxylic acids is 1. The summed E-state index contributed by atoms with van der Waals surface area (Å²) >= 11 is 7.54. The molecule has 0 bridgehead atoms. The molecule has 0 radical (unpaired) electrons. The second kappa shape index (κ2) is 9.64. The van der Waals surface area contributed by atoms with Crippen molar-refractivity contribution >= 4 is 34.0 Å². The van der Waals surface area contributed by atoms with Crippen LogP contribution in [0.3, 0.4) is 0 Å². The van der Waals surface area contributed by atoms with E-state index in [1.165, 1.54) is 11.3 Å². The second-order valence-electron chi connectivity index (χ2n) is 5.78. The molecule has 0 fully saturated rings. The molecule has 6 nitrogen and oxygen atoms in total. The predicted molar refractivity (Wildman–Crippen MR) is 112 cm³/mol. The number of benzene rings is 2. The Morgan fingerprint density at radius 1 is 1.14 bits per heavy atom. The highest BCUT2D eigenvalue weighted by atomic mass is 35.5. The lowest BCUT2D eigenvalue weighted by atomic mass is 10.2. The predicted octanol–water partition coefficient (Wildman–Crippen LogP) is 4.55. The standard InChI is InChI=1S/C20H20ClN3O3S/c1-3-27-15-10-8-14(9-11-15)18-22-23-20(28-18)24(12-13-26-2)19(25)16-6-4-5-7-17(16)21/h4-11H,3,12-13H2,1-2H3. The van der Waals surface area contributed by atoms with Gasteiger partial charge in [-0.1, -0.05) is 35.1 Å². The average Bonchev–Trinajstić information content (AvgIpc) is 3.19. The minimum atomic E-state index is -0.239. The van der Waals surface area contributed by atoms with Crippen LogP contribution in [0, 0.1) is 0 Å². The highest BCUT2D eigenvalue weighted by Gasteiger charge is 2.23. The fraction of sp³-hybridized carbons (Fsp3) is 0.250. The molecule has 1 amide bonds. The summed E-state index contributed by atoms with van der Waals surface area (Å²) < 4.78 is 10.6. The van der Waals surface area contributed by atoms with E-state index in [2.05, 4.69) is 10.2 Å². The fourth-order valence-corrected chi connectivity index (χ4v) is 3.64. The molecule has 3 rings (SSSR count). The largest absolute Gasteiger partial charge is 0.494 e. The van der Waals surface area contributed by atoms with Crippen LogP contribution in [0.1, 0.15) is 17.3 Å². The Morgan fingerprint density at radius 2 is 1.89 bits per heavy atom. The first-order valence-corrected chi connectivity index (χ1v) is 9.95. The Labute approximate surface area is 172 Å². The Kier molecular flexibility index (Phi) is 6.97. The van der Waals surface area contributed by atoms with Crippen LogP contribution in [0.25, 0.3) is 10.6 Å². The van der Waals surface area contributed by atoms with Crippen molar-refractivity contribution in [2.45, 2.75) is 6.92 Å². The van der Waals surface area contributed by atoms with Gasteiger partial charge in [0.15, 0.2) is 0 Å². The normalized spacial score (nSPS) is 10.7. The van der Waals surface area contributed by atoms with Gasteiger partial charge in [-0.3, -0.25) is 9.69 Å². The lowest BCUT2D eigenvalue weighted by Crippen LogP contribution is -2.34. The van der Waals surface area contributed by atoms with Crippen molar-refractivity contribution in [1.82, 2.24) is 10.2 Å². The summed E-state index contributed by atoms with van der Waals surface area (Å²) in [4.78, 5) is 14.6. The zero-order valence-corrected chi connectivity index (χ0v) is 17.2. The van der Waals surface area contributed by atoms with Gasteiger partial charge >= 0.3 is 0 Å². The zero-order chi connectivity index (χ0) is 19.9. The molecule has 146 valence electrons. The molecular weight excluding hydrogens is 398 g/mol. The number of rotatable bonds is 8. The van der Waals surface area contributed by atoms with Gasteiger partial charge < -0.3 is 9.47 Å². The van der Waals surface area contributed by atoms with Crippen LogP contribution in [-0.4, -0.2) is 43.0 Å². The van der Waals surface area contributed by atoms with E-state index in [1.807, 2.05) is 31.2 Å². The first kappa shape index (κ1) is 20.3. The monoisotopic (exact) mass is 417 g/mol. The molecule has 0 aliphatic heterocycles.